The Balaban J connectivity index is 2.56. The smallest absolute Gasteiger partial charge is 0.328 e. The van der Waals surface area contributed by atoms with Crippen molar-refractivity contribution < 1.29 is 5.11 Å². The third-order valence-corrected chi connectivity index (χ3v) is 2.69. The molecule has 0 radical (unpaired) electrons. The van der Waals surface area contributed by atoms with Crippen molar-refractivity contribution >= 4 is 0 Å². The van der Waals surface area contributed by atoms with Gasteiger partial charge >= 0.3 is 5.69 Å². The minimum absolute atomic E-state index is 0.163. The van der Waals surface area contributed by atoms with Crippen molar-refractivity contribution in [3.05, 3.63) is 62.3 Å². The molecule has 88 valence electrons. The van der Waals surface area contributed by atoms with Crippen LogP contribution in [0.15, 0.2) is 39.9 Å². The fourth-order valence-electron chi connectivity index (χ4n) is 1.79. The van der Waals surface area contributed by atoms with Gasteiger partial charge < -0.3 is 5.11 Å². The highest BCUT2D eigenvalue weighted by Crippen LogP contribution is 2.25. The molecule has 1 aromatic carbocycles. The lowest BCUT2D eigenvalue weighted by Gasteiger charge is -2.11. The Morgan fingerprint density at radius 3 is 2.35 bits per heavy atom. The van der Waals surface area contributed by atoms with E-state index in [-0.39, 0.29) is 17.4 Å². The molecule has 0 fully saturated rings. The van der Waals surface area contributed by atoms with Crippen LogP contribution in [0.5, 0.6) is 5.88 Å². The normalized spacial score (nSPS) is 12.3. The monoisotopic (exact) mass is 232 g/mol. The number of benzene rings is 1. The Bertz CT molecular complexity index is 628. The summed E-state index contributed by atoms with van der Waals surface area (Å²) >= 11 is 0. The summed E-state index contributed by atoms with van der Waals surface area (Å²) in [6.07, 6.45) is 0. The first-order chi connectivity index (χ1) is 8.09. The zero-order valence-corrected chi connectivity index (χ0v) is 9.23. The largest absolute Gasteiger partial charge is 0.494 e. The van der Waals surface area contributed by atoms with Gasteiger partial charge in [0.1, 0.15) is 0 Å². The molecule has 1 unspecified atom stereocenters. The molecule has 0 aliphatic carbocycles. The first kappa shape index (κ1) is 11.2. The second-order valence-corrected chi connectivity index (χ2v) is 3.80. The van der Waals surface area contributed by atoms with E-state index in [1.165, 1.54) is 0 Å². The summed E-state index contributed by atoms with van der Waals surface area (Å²) in [5.41, 5.74) is -0.227. The zero-order valence-electron chi connectivity index (χ0n) is 9.23. The summed E-state index contributed by atoms with van der Waals surface area (Å²) in [5.74, 6) is -0.674. The van der Waals surface area contributed by atoms with Gasteiger partial charge in [0, 0.05) is 5.92 Å². The van der Waals surface area contributed by atoms with E-state index in [0.717, 1.165) is 5.56 Å². The van der Waals surface area contributed by atoms with Gasteiger partial charge in [-0.05, 0) is 5.56 Å². The minimum atomic E-state index is -0.712. The van der Waals surface area contributed by atoms with Crippen molar-refractivity contribution in [1.82, 2.24) is 9.97 Å². The number of aromatic nitrogens is 2. The first-order valence-electron chi connectivity index (χ1n) is 5.20. The van der Waals surface area contributed by atoms with Crippen LogP contribution >= 0.6 is 0 Å². The standard InChI is InChI=1S/C12H12N2O3/c1-7(8-5-3-2-4-6-8)9-10(15)13-12(17)14-11(9)16/h2-7H,1H3,(H3,13,14,15,16,17). The van der Waals surface area contributed by atoms with Gasteiger partial charge in [-0.3, -0.25) is 14.8 Å². The third kappa shape index (κ3) is 2.13. The third-order valence-electron chi connectivity index (χ3n) is 2.69. The maximum absolute atomic E-state index is 11.6. The van der Waals surface area contributed by atoms with E-state index in [9.17, 15) is 14.7 Å². The summed E-state index contributed by atoms with van der Waals surface area (Å²) in [6, 6.07) is 9.28. The number of rotatable bonds is 2. The Kier molecular flexibility index (Phi) is 2.82. The van der Waals surface area contributed by atoms with Crippen LogP contribution in [-0.4, -0.2) is 15.1 Å². The van der Waals surface area contributed by atoms with Gasteiger partial charge in [0.15, 0.2) is 0 Å². The van der Waals surface area contributed by atoms with Crippen LogP contribution in [0.25, 0.3) is 0 Å². The Morgan fingerprint density at radius 2 is 1.76 bits per heavy atom. The fourth-order valence-corrected chi connectivity index (χ4v) is 1.79. The van der Waals surface area contributed by atoms with Crippen LogP contribution in [-0.2, 0) is 0 Å². The summed E-state index contributed by atoms with van der Waals surface area (Å²) < 4.78 is 0. The maximum Gasteiger partial charge on any atom is 0.328 e. The molecule has 1 heterocycles. The molecule has 2 rings (SSSR count). The average Bonchev–Trinajstić information content (AvgIpc) is 2.28. The molecule has 3 N–H and O–H groups in total. The fraction of sp³-hybridized carbons (Fsp3) is 0.167. The molecule has 1 aromatic heterocycles. The molecule has 5 heteroatoms. The van der Waals surface area contributed by atoms with Gasteiger partial charge in [-0.2, -0.15) is 0 Å². The molecule has 1 atom stereocenters. The first-order valence-corrected chi connectivity index (χ1v) is 5.20. The van der Waals surface area contributed by atoms with Crippen LogP contribution < -0.4 is 11.2 Å². The lowest BCUT2D eigenvalue weighted by Crippen LogP contribution is -2.26. The molecule has 0 saturated heterocycles. The number of hydrogen-bond acceptors (Lipinski definition) is 3. The van der Waals surface area contributed by atoms with Crippen LogP contribution in [0.4, 0.5) is 0 Å². The maximum atomic E-state index is 11.6. The molecule has 2 aromatic rings. The van der Waals surface area contributed by atoms with E-state index in [1.54, 1.807) is 6.92 Å². The lowest BCUT2D eigenvalue weighted by molar-refractivity contribution is 0.438. The van der Waals surface area contributed by atoms with Crippen molar-refractivity contribution in [2.75, 3.05) is 0 Å². The van der Waals surface area contributed by atoms with Crippen LogP contribution in [0, 0.1) is 0 Å². The highest BCUT2D eigenvalue weighted by molar-refractivity contribution is 5.34. The molecule has 0 amide bonds. The summed E-state index contributed by atoms with van der Waals surface area (Å²) in [5, 5.41) is 9.63. The predicted octanol–water partition coefficient (Wildman–Crippen LogP) is 0.921. The van der Waals surface area contributed by atoms with E-state index in [2.05, 4.69) is 9.97 Å². The van der Waals surface area contributed by atoms with Crippen molar-refractivity contribution in [2.24, 2.45) is 0 Å². The van der Waals surface area contributed by atoms with Crippen molar-refractivity contribution in [3.8, 4) is 5.88 Å². The molecular formula is C12H12N2O3. The molecule has 17 heavy (non-hydrogen) atoms. The van der Waals surface area contributed by atoms with Crippen LogP contribution in [0.3, 0.4) is 0 Å². The molecule has 0 aliphatic heterocycles. The van der Waals surface area contributed by atoms with Crippen molar-refractivity contribution in [1.29, 1.82) is 0 Å². The van der Waals surface area contributed by atoms with Crippen LogP contribution in [0.1, 0.15) is 24.0 Å². The molecular weight excluding hydrogens is 220 g/mol. The number of nitrogens with one attached hydrogen (secondary N) is 2. The van der Waals surface area contributed by atoms with Gasteiger partial charge in [0.2, 0.25) is 5.88 Å². The highest BCUT2D eigenvalue weighted by atomic mass is 16.3. The zero-order chi connectivity index (χ0) is 12.4. The van der Waals surface area contributed by atoms with E-state index < -0.39 is 11.2 Å². The number of H-pyrrole nitrogens is 2. The van der Waals surface area contributed by atoms with Gasteiger partial charge in [-0.15, -0.1) is 0 Å². The quantitative estimate of drug-likeness (QED) is 0.719. The summed E-state index contributed by atoms with van der Waals surface area (Å²) in [6.45, 7) is 1.79. The highest BCUT2D eigenvalue weighted by Gasteiger charge is 2.17. The van der Waals surface area contributed by atoms with Gasteiger partial charge in [-0.1, -0.05) is 37.3 Å². The number of aromatic hydroxyl groups is 1. The van der Waals surface area contributed by atoms with E-state index >= 15 is 0 Å². The molecule has 5 nitrogen and oxygen atoms in total. The number of hydrogen-bond donors (Lipinski definition) is 3. The van der Waals surface area contributed by atoms with Gasteiger partial charge in [0.05, 0.1) is 5.56 Å². The summed E-state index contributed by atoms with van der Waals surface area (Å²) in [7, 11) is 0. The topological polar surface area (TPSA) is 85.9 Å². The van der Waals surface area contributed by atoms with E-state index in [4.69, 9.17) is 0 Å². The minimum Gasteiger partial charge on any atom is -0.494 e. The van der Waals surface area contributed by atoms with Gasteiger partial charge in [-0.25, -0.2) is 4.79 Å². The van der Waals surface area contributed by atoms with E-state index in [1.807, 2.05) is 30.3 Å². The predicted molar refractivity (Wildman–Crippen MR) is 63.3 cm³/mol. The second kappa shape index (κ2) is 4.29. The molecule has 0 spiro atoms. The van der Waals surface area contributed by atoms with Crippen molar-refractivity contribution in [2.45, 2.75) is 12.8 Å². The molecule has 0 aliphatic rings. The van der Waals surface area contributed by atoms with Crippen LogP contribution in [0.2, 0.25) is 0 Å². The Morgan fingerprint density at radius 1 is 1.12 bits per heavy atom. The van der Waals surface area contributed by atoms with Gasteiger partial charge in [0.25, 0.3) is 5.56 Å². The SMILES string of the molecule is CC(c1ccccc1)c1c(O)[nH]c(=O)[nH]c1=O. The average molecular weight is 232 g/mol. The molecule has 0 bridgehead atoms. The Hall–Kier alpha value is -2.30. The van der Waals surface area contributed by atoms with E-state index in [0.29, 0.717) is 0 Å². The lowest BCUT2D eigenvalue weighted by atomic mass is 9.95. The second-order valence-electron chi connectivity index (χ2n) is 3.80. The van der Waals surface area contributed by atoms with Crippen molar-refractivity contribution in [3.63, 3.8) is 0 Å². The Labute approximate surface area is 96.8 Å². The molecule has 0 saturated carbocycles. The number of aromatic amines is 2. The summed E-state index contributed by atoms with van der Waals surface area (Å²) in [4.78, 5) is 26.9.